The first-order chi connectivity index (χ1) is 8.09. The summed E-state index contributed by atoms with van der Waals surface area (Å²) in [6, 6.07) is 0.171. The van der Waals surface area contributed by atoms with E-state index >= 15 is 0 Å². The lowest BCUT2D eigenvalue weighted by Gasteiger charge is -2.23. The zero-order valence-corrected chi connectivity index (χ0v) is 10.2. The van der Waals surface area contributed by atoms with Crippen molar-refractivity contribution in [3.63, 3.8) is 0 Å². The van der Waals surface area contributed by atoms with Crippen molar-refractivity contribution in [2.45, 2.75) is 39.0 Å². The van der Waals surface area contributed by atoms with Crippen LogP contribution in [0.4, 0.5) is 6.01 Å². The quantitative estimate of drug-likeness (QED) is 0.805. The summed E-state index contributed by atoms with van der Waals surface area (Å²) in [6.45, 7) is 4.04. The number of amides is 1. The summed E-state index contributed by atoms with van der Waals surface area (Å²) in [6.07, 6.45) is 2.84. The summed E-state index contributed by atoms with van der Waals surface area (Å²) in [5.41, 5.74) is 5.02. The van der Waals surface area contributed by atoms with Gasteiger partial charge in [-0.25, -0.2) is 0 Å². The average Bonchev–Trinajstić information content (AvgIpc) is 3.09. The fourth-order valence-corrected chi connectivity index (χ4v) is 1.43. The Kier molecular flexibility index (Phi) is 3.15. The Morgan fingerprint density at radius 2 is 2.29 bits per heavy atom. The summed E-state index contributed by atoms with van der Waals surface area (Å²) in [5.74, 6) is 0.833. The van der Waals surface area contributed by atoms with E-state index in [0.29, 0.717) is 24.8 Å². The molecule has 17 heavy (non-hydrogen) atoms. The molecule has 6 nitrogen and oxygen atoms in total. The Hall–Kier alpha value is -1.43. The third kappa shape index (κ3) is 2.46. The van der Waals surface area contributed by atoms with Gasteiger partial charge in [-0.3, -0.25) is 10.1 Å². The monoisotopic (exact) mass is 238 g/mol. The largest absolute Gasteiger partial charge is 0.408 e. The predicted molar refractivity (Wildman–Crippen MR) is 62.4 cm³/mol. The molecule has 0 aliphatic heterocycles. The molecule has 2 rings (SSSR count). The molecule has 94 valence electrons. The smallest absolute Gasteiger partial charge is 0.322 e. The number of nitrogens with two attached hydrogens (primary N) is 1. The van der Waals surface area contributed by atoms with E-state index in [9.17, 15) is 4.79 Å². The van der Waals surface area contributed by atoms with Crippen LogP contribution in [0, 0.1) is 5.41 Å². The maximum absolute atomic E-state index is 12.0. The predicted octanol–water partition coefficient (Wildman–Crippen LogP) is 1.26. The van der Waals surface area contributed by atoms with Gasteiger partial charge >= 0.3 is 6.01 Å². The molecule has 1 aliphatic rings. The highest BCUT2D eigenvalue weighted by Crippen LogP contribution is 2.39. The fraction of sp³-hybridized carbons (Fsp3) is 0.727. The van der Waals surface area contributed by atoms with Crippen molar-refractivity contribution in [3.05, 3.63) is 5.89 Å². The summed E-state index contributed by atoms with van der Waals surface area (Å²) in [7, 11) is 0. The molecule has 1 amide bonds. The van der Waals surface area contributed by atoms with E-state index in [0.717, 1.165) is 12.8 Å². The van der Waals surface area contributed by atoms with Crippen molar-refractivity contribution in [2.75, 3.05) is 11.9 Å². The number of nitrogens with zero attached hydrogens (tertiary/aromatic N) is 2. The van der Waals surface area contributed by atoms with E-state index < -0.39 is 5.41 Å². The number of rotatable bonds is 5. The number of carbonyl (C=O) groups is 1. The first-order valence-electron chi connectivity index (χ1n) is 5.94. The Labute approximate surface area is 100.0 Å². The van der Waals surface area contributed by atoms with Gasteiger partial charge in [-0.2, -0.15) is 0 Å². The standard InChI is InChI=1S/C11H18N4O2/c1-3-11(2,6-12)9(16)13-10-15-14-8(17-10)7-4-5-7/h7H,3-6,12H2,1-2H3,(H,13,15,16). The number of aromatic nitrogens is 2. The molecule has 1 unspecified atom stereocenters. The highest BCUT2D eigenvalue weighted by Gasteiger charge is 2.32. The number of nitrogens with one attached hydrogen (secondary N) is 1. The van der Waals surface area contributed by atoms with Gasteiger partial charge in [0.2, 0.25) is 11.8 Å². The maximum atomic E-state index is 12.0. The molecule has 1 heterocycles. The van der Waals surface area contributed by atoms with Gasteiger partial charge in [0, 0.05) is 12.5 Å². The van der Waals surface area contributed by atoms with Crippen LogP contribution in [-0.4, -0.2) is 22.6 Å². The second kappa shape index (κ2) is 4.44. The van der Waals surface area contributed by atoms with Crippen LogP contribution in [-0.2, 0) is 4.79 Å². The molecule has 1 aromatic rings. The molecule has 3 N–H and O–H groups in total. The lowest BCUT2D eigenvalue weighted by molar-refractivity contribution is -0.124. The highest BCUT2D eigenvalue weighted by molar-refractivity contribution is 5.93. The minimum Gasteiger partial charge on any atom is -0.408 e. The Morgan fingerprint density at radius 3 is 2.82 bits per heavy atom. The van der Waals surface area contributed by atoms with Crippen LogP contribution in [0.3, 0.4) is 0 Å². The highest BCUT2D eigenvalue weighted by atomic mass is 16.4. The lowest BCUT2D eigenvalue weighted by Crippen LogP contribution is -2.39. The summed E-state index contributed by atoms with van der Waals surface area (Å²) in [5, 5.41) is 10.3. The van der Waals surface area contributed by atoms with Gasteiger partial charge in [0.05, 0.1) is 5.41 Å². The van der Waals surface area contributed by atoms with Crippen molar-refractivity contribution in [1.82, 2.24) is 10.2 Å². The van der Waals surface area contributed by atoms with Gasteiger partial charge in [0.1, 0.15) is 0 Å². The molecule has 0 spiro atoms. The third-order valence-corrected chi connectivity index (χ3v) is 3.37. The van der Waals surface area contributed by atoms with E-state index in [1.54, 1.807) is 0 Å². The van der Waals surface area contributed by atoms with Crippen LogP contribution < -0.4 is 11.1 Å². The van der Waals surface area contributed by atoms with Crippen molar-refractivity contribution in [1.29, 1.82) is 0 Å². The Balaban J connectivity index is 2.01. The molecule has 1 atom stereocenters. The normalized spacial score (nSPS) is 18.8. The molecule has 1 saturated carbocycles. The van der Waals surface area contributed by atoms with Gasteiger partial charge in [-0.05, 0) is 26.2 Å². The van der Waals surface area contributed by atoms with Crippen LogP contribution in [0.25, 0.3) is 0 Å². The van der Waals surface area contributed by atoms with Crippen LogP contribution in [0.2, 0.25) is 0 Å². The van der Waals surface area contributed by atoms with E-state index in [-0.39, 0.29) is 11.9 Å². The van der Waals surface area contributed by atoms with Gasteiger partial charge in [-0.15, -0.1) is 5.10 Å². The van der Waals surface area contributed by atoms with E-state index in [2.05, 4.69) is 15.5 Å². The molecular weight excluding hydrogens is 220 g/mol. The van der Waals surface area contributed by atoms with Crippen LogP contribution in [0.15, 0.2) is 4.42 Å². The molecule has 1 fully saturated rings. The van der Waals surface area contributed by atoms with Crippen LogP contribution in [0.1, 0.15) is 44.9 Å². The number of hydrogen-bond acceptors (Lipinski definition) is 5. The summed E-state index contributed by atoms with van der Waals surface area (Å²) < 4.78 is 5.37. The van der Waals surface area contributed by atoms with Gasteiger partial charge < -0.3 is 10.2 Å². The second-order valence-electron chi connectivity index (χ2n) is 4.79. The van der Waals surface area contributed by atoms with E-state index in [1.807, 2.05) is 13.8 Å². The minimum absolute atomic E-state index is 0.171. The van der Waals surface area contributed by atoms with Crippen molar-refractivity contribution < 1.29 is 9.21 Å². The molecule has 1 aliphatic carbocycles. The number of carbonyl (C=O) groups excluding carboxylic acids is 1. The van der Waals surface area contributed by atoms with Crippen molar-refractivity contribution in [2.24, 2.45) is 11.1 Å². The molecule has 6 heteroatoms. The number of anilines is 1. The fourth-order valence-electron chi connectivity index (χ4n) is 1.43. The topological polar surface area (TPSA) is 94.0 Å². The van der Waals surface area contributed by atoms with Crippen molar-refractivity contribution >= 4 is 11.9 Å². The third-order valence-electron chi connectivity index (χ3n) is 3.37. The summed E-state index contributed by atoms with van der Waals surface area (Å²) in [4.78, 5) is 12.0. The molecule has 0 aromatic carbocycles. The van der Waals surface area contributed by atoms with Gasteiger partial charge in [0.25, 0.3) is 0 Å². The maximum Gasteiger partial charge on any atom is 0.322 e. The average molecular weight is 238 g/mol. The SMILES string of the molecule is CCC(C)(CN)C(=O)Nc1nnc(C2CC2)o1. The molecule has 0 radical (unpaired) electrons. The van der Waals surface area contributed by atoms with E-state index in [1.165, 1.54) is 0 Å². The van der Waals surface area contributed by atoms with Crippen molar-refractivity contribution in [3.8, 4) is 0 Å². The Morgan fingerprint density at radius 1 is 1.59 bits per heavy atom. The first kappa shape index (κ1) is 12.0. The molecule has 0 saturated heterocycles. The second-order valence-corrected chi connectivity index (χ2v) is 4.79. The van der Waals surface area contributed by atoms with Crippen LogP contribution >= 0.6 is 0 Å². The summed E-state index contributed by atoms with van der Waals surface area (Å²) >= 11 is 0. The van der Waals surface area contributed by atoms with Gasteiger partial charge in [-0.1, -0.05) is 12.0 Å². The van der Waals surface area contributed by atoms with Crippen LogP contribution in [0.5, 0.6) is 0 Å². The minimum atomic E-state index is -0.589. The number of hydrogen-bond donors (Lipinski definition) is 2. The van der Waals surface area contributed by atoms with E-state index in [4.69, 9.17) is 10.2 Å². The van der Waals surface area contributed by atoms with Gasteiger partial charge in [0.15, 0.2) is 0 Å². The first-order valence-corrected chi connectivity index (χ1v) is 5.94. The molecule has 0 bridgehead atoms. The molecular formula is C11H18N4O2. The Bertz CT molecular complexity index is 407. The zero-order chi connectivity index (χ0) is 12.5. The zero-order valence-electron chi connectivity index (χ0n) is 10.2. The lowest BCUT2D eigenvalue weighted by atomic mass is 9.87. The molecule has 1 aromatic heterocycles.